The third kappa shape index (κ3) is 5.28. The Balaban J connectivity index is 1.62. The van der Waals surface area contributed by atoms with Crippen molar-refractivity contribution in [2.45, 2.75) is 44.3 Å². The Hall–Kier alpha value is -3.51. The first-order valence-electron chi connectivity index (χ1n) is 10.7. The van der Waals surface area contributed by atoms with Gasteiger partial charge in [0.2, 0.25) is 0 Å². The van der Waals surface area contributed by atoms with E-state index >= 15 is 0 Å². The predicted octanol–water partition coefficient (Wildman–Crippen LogP) is 4.33. The molecular formula is C22H20F6N6O. The van der Waals surface area contributed by atoms with Gasteiger partial charge in [0.15, 0.2) is 0 Å². The molecule has 2 atom stereocenters. The zero-order valence-electron chi connectivity index (χ0n) is 18.4. The van der Waals surface area contributed by atoms with Crippen molar-refractivity contribution in [2.75, 3.05) is 6.54 Å². The normalized spacial score (nSPS) is 20.1. The van der Waals surface area contributed by atoms with Gasteiger partial charge >= 0.3 is 6.18 Å². The highest BCUT2D eigenvalue weighted by Gasteiger charge is 2.46. The number of hydrogen-bond donors (Lipinski definition) is 0. The van der Waals surface area contributed by atoms with E-state index in [1.807, 2.05) is 0 Å². The van der Waals surface area contributed by atoms with Crippen LogP contribution < -0.4 is 0 Å². The van der Waals surface area contributed by atoms with E-state index in [0.717, 1.165) is 15.8 Å². The molecule has 1 amide bonds. The second-order valence-corrected chi connectivity index (χ2v) is 8.41. The second-order valence-electron chi connectivity index (χ2n) is 8.41. The van der Waals surface area contributed by atoms with Gasteiger partial charge in [0.05, 0.1) is 24.5 Å². The highest BCUT2D eigenvalue weighted by Crippen LogP contribution is 2.37. The molecule has 0 N–H and O–H groups in total. The summed E-state index contributed by atoms with van der Waals surface area (Å²) in [7, 11) is 0. The van der Waals surface area contributed by atoms with Crippen molar-refractivity contribution < 1.29 is 31.1 Å². The Labute approximate surface area is 195 Å². The highest BCUT2D eigenvalue weighted by molar-refractivity contribution is 5.98. The zero-order valence-corrected chi connectivity index (χ0v) is 18.4. The monoisotopic (exact) mass is 498 g/mol. The van der Waals surface area contributed by atoms with E-state index < -0.39 is 59.9 Å². The molecule has 0 aliphatic carbocycles. The van der Waals surface area contributed by atoms with Crippen LogP contribution in [0.15, 0.2) is 43.0 Å². The maximum absolute atomic E-state index is 14.8. The van der Waals surface area contributed by atoms with Crippen molar-refractivity contribution in [2.24, 2.45) is 5.92 Å². The van der Waals surface area contributed by atoms with E-state index in [4.69, 9.17) is 0 Å². The molecule has 1 aliphatic heterocycles. The predicted molar refractivity (Wildman–Crippen MR) is 110 cm³/mol. The second kappa shape index (κ2) is 9.27. The summed E-state index contributed by atoms with van der Waals surface area (Å²) in [5, 5.41) is 7.80. The molecule has 0 bridgehead atoms. The smallest absolute Gasteiger partial charge is 0.329 e. The van der Waals surface area contributed by atoms with E-state index in [2.05, 4.69) is 20.2 Å². The minimum Gasteiger partial charge on any atom is -0.329 e. The molecule has 0 radical (unpaired) electrons. The Bertz CT molecular complexity index is 1180. The lowest BCUT2D eigenvalue weighted by Gasteiger charge is -2.43. The number of carbonyl (C=O) groups excluding carboxylic acids is 1. The fraction of sp³-hybridized carbons (Fsp3) is 0.409. The van der Waals surface area contributed by atoms with Crippen molar-refractivity contribution >= 4 is 5.91 Å². The summed E-state index contributed by atoms with van der Waals surface area (Å²) in [6, 6.07) is 3.02. The summed E-state index contributed by atoms with van der Waals surface area (Å²) in [5.74, 6) is -5.69. The molecule has 0 saturated carbocycles. The number of aromatic nitrogens is 5. The topological polar surface area (TPSA) is 76.8 Å². The number of piperidine rings is 1. The molecule has 2 aromatic heterocycles. The number of amides is 1. The molecule has 3 heterocycles. The molecule has 3 aromatic rings. The van der Waals surface area contributed by atoms with Crippen molar-refractivity contribution in [3.8, 4) is 5.69 Å². The van der Waals surface area contributed by atoms with Crippen LogP contribution in [0.5, 0.6) is 0 Å². The first-order valence-corrected chi connectivity index (χ1v) is 10.7. The standard InChI is InChI=1S/C22H20F6N6O/c1-13-9-21(24,25)12-33(16(13)5-6-18-29-10-14(11-30-18)22(26,27)28)20(35)19-15(23)3-2-4-17(19)34-31-7-8-32-34/h2-4,7-8,10-11,13,16H,5-6,9,12H2,1H3/t13-,16-/m1/s1. The molecule has 35 heavy (non-hydrogen) atoms. The molecule has 13 heteroatoms. The Morgan fingerprint density at radius 1 is 1.14 bits per heavy atom. The van der Waals surface area contributed by atoms with E-state index in [1.165, 1.54) is 24.5 Å². The van der Waals surface area contributed by atoms with Crippen molar-refractivity contribution in [1.82, 2.24) is 29.9 Å². The van der Waals surface area contributed by atoms with Crippen molar-refractivity contribution in [3.05, 3.63) is 65.8 Å². The van der Waals surface area contributed by atoms with Gasteiger partial charge in [0.25, 0.3) is 11.8 Å². The number of benzene rings is 1. The number of aryl methyl sites for hydroxylation is 1. The van der Waals surface area contributed by atoms with Crippen LogP contribution >= 0.6 is 0 Å². The van der Waals surface area contributed by atoms with Gasteiger partial charge in [-0.2, -0.15) is 28.2 Å². The summed E-state index contributed by atoms with van der Waals surface area (Å²) in [4.78, 5) is 22.8. The van der Waals surface area contributed by atoms with Crippen LogP contribution in [0, 0.1) is 11.7 Å². The average Bonchev–Trinajstić information content (AvgIpc) is 3.31. The van der Waals surface area contributed by atoms with Gasteiger partial charge in [-0.1, -0.05) is 13.0 Å². The first-order chi connectivity index (χ1) is 16.5. The van der Waals surface area contributed by atoms with Crippen LogP contribution in [-0.4, -0.2) is 54.3 Å². The van der Waals surface area contributed by atoms with Gasteiger partial charge in [0.1, 0.15) is 22.9 Å². The van der Waals surface area contributed by atoms with Crippen LogP contribution in [0.3, 0.4) is 0 Å². The maximum Gasteiger partial charge on any atom is 0.419 e. The van der Waals surface area contributed by atoms with Gasteiger partial charge < -0.3 is 4.90 Å². The lowest BCUT2D eigenvalue weighted by molar-refractivity contribution is -0.138. The summed E-state index contributed by atoms with van der Waals surface area (Å²) >= 11 is 0. The lowest BCUT2D eigenvalue weighted by Crippen LogP contribution is -2.55. The van der Waals surface area contributed by atoms with Crippen LogP contribution in [0.1, 0.15) is 41.5 Å². The van der Waals surface area contributed by atoms with E-state index in [-0.39, 0.29) is 24.4 Å². The van der Waals surface area contributed by atoms with E-state index in [1.54, 1.807) is 6.92 Å². The SMILES string of the molecule is C[C@@H]1CC(F)(F)CN(C(=O)c2c(F)cccc2-n2nccn2)[C@@H]1CCc1ncc(C(F)(F)F)cn1. The van der Waals surface area contributed by atoms with Gasteiger partial charge in [0, 0.05) is 31.3 Å². The quantitative estimate of drug-likeness (QED) is 0.490. The maximum atomic E-state index is 14.8. The molecule has 1 saturated heterocycles. The highest BCUT2D eigenvalue weighted by atomic mass is 19.4. The fourth-order valence-electron chi connectivity index (χ4n) is 4.29. The largest absolute Gasteiger partial charge is 0.419 e. The van der Waals surface area contributed by atoms with Crippen molar-refractivity contribution in [1.29, 1.82) is 0 Å². The summed E-state index contributed by atoms with van der Waals surface area (Å²) in [5.41, 5.74) is -1.47. The van der Waals surface area contributed by atoms with Crippen LogP contribution in [0.2, 0.25) is 0 Å². The van der Waals surface area contributed by atoms with E-state index in [0.29, 0.717) is 12.4 Å². The first kappa shape index (κ1) is 24.6. The molecular weight excluding hydrogens is 478 g/mol. The lowest BCUT2D eigenvalue weighted by atomic mass is 9.85. The van der Waals surface area contributed by atoms with Gasteiger partial charge in [-0.3, -0.25) is 4.79 Å². The number of nitrogens with zero attached hydrogens (tertiary/aromatic N) is 6. The van der Waals surface area contributed by atoms with Crippen LogP contribution in [0.4, 0.5) is 26.3 Å². The molecule has 0 spiro atoms. The Kier molecular flexibility index (Phi) is 6.52. The van der Waals surface area contributed by atoms with Crippen LogP contribution in [0.25, 0.3) is 5.69 Å². The molecule has 186 valence electrons. The Morgan fingerprint density at radius 3 is 2.43 bits per heavy atom. The fourth-order valence-corrected chi connectivity index (χ4v) is 4.29. The Morgan fingerprint density at radius 2 is 1.80 bits per heavy atom. The van der Waals surface area contributed by atoms with Gasteiger partial charge in [-0.15, -0.1) is 0 Å². The minimum atomic E-state index is -4.59. The third-order valence-corrected chi connectivity index (χ3v) is 5.88. The van der Waals surface area contributed by atoms with Gasteiger partial charge in [-0.05, 0) is 24.5 Å². The van der Waals surface area contributed by atoms with Crippen LogP contribution in [-0.2, 0) is 12.6 Å². The number of likely N-dealkylation sites (tertiary alicyclic amines) is 1. The molecule has 1 fully saturated rings. The number of halogens is 6. The number of alkyl halides is 5. The third-order valence-electron chi connectivity index (χ3n) is 5.88. The van der Waals surface area contributed by atoms with Crippen molar-refractivity contribution in [3.63, 3.8) is 0 Å². The summed E-state index contributed by atoms with van der Waals surface area (Å²) < 4.78 is 82.1. The number of rotatable bonds is 5. The molecule has 7 nitrogen and oxygen atoms in total. The molecule has 1 aromatic carbocycles. The van der Waals surface area contributed by atoms with E-state index in [9.17, 15) is 31.1 Å². The zero-order chi connectivity index (χ0) is 25.4. The summed E-state index contributed by atoms with van der Waals surface area (Å²) in [6.07, 6.45) is -1.02. The van der Waals surface area contributed by atoms with Gasteiger partial charge in [-0.25, -0.2) is 23.1 Å². The average molecular weight is 498 g/mol. The minimum absolute atomic E-state index is 0.00799. The molecule has 4 rings (SSSR count). The molecule has 0 unspecified atom stereocenters. The number of hydrogen-bond acceptors (Lipinski definition) is 5. The number of carbonyl (C=O) groups is 1. The summed E-state index contributed by atoms with van der Waals surface area (Å²) in [6.45, 7) is 0.609. The molecule has 1 aliphatic rings.